The number of halogens is 1. The predicted octanol–water partition coefficient (Wildman–Crippen LogP) is 0.971. The number of H-pyrrole nitrogens is 1. The molecule has 0 fully saturated rings. The van der Waals surface area contributed by atoms with E-state index < -0.39 is 0 Å². The smallest absolute Gasteiger partial charge is 0.249 e. The Bertz CT molecular complexity index is 479. The largest absolute Gasteiger partial charge is 0.306 e. The van der Waals surface area contributed by atoms with Gasteiger partial charge in [0.1, 0.15) is 5.65 Å². The molecule has 0 aliphatic heterocycles. The second kappa shape index (κ2) is 2.57. The lowest BCUT2D eigenvalue weighted by atomic mass is 10.3. The molecule has 4 nitrogen and oxygen atoms in total. The van der Waals surface area contributed by atoms with Crippen LogP contribution in [0.5, 0.6) is 0 Å². The van der Waals surface area contributed by atoms with Gasteiger partial charge in [-0.2, -0.15) is 4.98 Å². The number of aromatic amines is 1. The highest BCUT2D eigenvalue weighted by Crippen LogP contribution is 2.07. The van der Waals surface area contributed by atoms with Crippen molar-refractivity contribution < 1.29 is 0 Å². The summed E-state index contributed by atoms with van der Waals surface area (Å²) in [5, 5.41) is 0.892. The molecular weight excluding hydrogens is 178 g/mol. The molecule has 0 amide bonds. The standard InChI is InChI=1S/C7H4ClN3O/c8-7-9-3-4-1-2-5(12)10-6(4)11-7/h1-3H,(H,9,10,11,12). The van der Waals surface area contributed by atoms with Gasteiger partial charge in [0.05, 0.1) is 0 Å². The molecule has 0 spiro atoms. The molecule has 2 aromatic rings. The monoisotopic (exact) mass is 181 g/mol. The van der Waals surface area contributed by atoms with E-state index in [1.807, 2.05) is 0 Å². The number of aromatic nitrogens is 3. The number of nitrogens with one attached hydrogen (secondary N) is 1. The van der Waals surface area contributed by atoms with Crippen LogP contribution in [0.3, 0.4) is 0 Å². The summed E-state index contributed by atoms with van der Waals surface area (Å²) in [6, 6.07) is 3.06. The molecule has 2 aromatic heterocycles. The first kappa shape index (κ1) is 7.24. The van der Waals surface area contributed by atoms with E-state index in [4.69, 9.17) is 11.6 Å². The number of nitrogens with zero attached hydrogens (tertiary/aromatic N) is 2. The summed E-state index contributed by atoms with van der Waals surface area (Å²) >= 11 is 5.53. The fraction of sp³-hybridized carbons (Fsp3) is 0. The zero-order chi connectivity index (χ0) is 8.55. The summed E-state index contributed by atoms with van der Waals surface area (Å²) in [7, 11) is 0. The fourth-order valence-electron chi connectivity index (χ4n) is 0.916. The normalized spacial score (nSPS) is 10.4. The Morgan fingerprint density at radius 3 is 3.08 bits per heavy atom. The summed E-state index contributed by atoms with van der Waals surface area (Å²) in [6.07, 6.45) is 1.56. The summed E-state index contributed by atoms with van der Waals surface area (Å²) in [5.74, 6) is 0. The molecule has 2 rings (SSSR count). The van der Waals surface area contributed by atoms with E-state index >= 15 is 0 Å². The van der Waals surface area contributed by atoms with Crippen LogP contribution in [0.25, 0.3) is 11.0 Å². The molecule has 0 saturated carbocycles. The van der Waals surface area contributed by atoms with Gasteiger partial charge in [-0.15, -0.1) is 0 Å². The number of hydrogen-bond acceptors (Lipinski definition) is 3. The van der Waals surface area contributed by atoms with E-state index in [-0.39, 0.29) is 10.8 Å². The molecule has 0 aromatic carbocycles. The van der Waals surface area contributed by atoms with E-state index in [2.05, 4.69) is 15.0 Å². The van der Waals surface area contributed by atoms with Gasteiger partial charge in [-0.3, -0.25) is 4.79 Å². The second-order valence-electron chi connectivity index (χ2n) is 2.27. The van der Waals surface area contributed by atoms with Crippen LogP contribution in [-0.4, -0.2) is 15.0 Å². The van der Waals surface area contributed by atoms with Gasteiger partial charge in [-0.1, -0.05) is 0 Å². The molecular formula is C7H4ClN3O. The third-order valence-corrected chi connectivity index (χ3v) is 1.63. The van der Waals surface area contributed by atoms with E-state index in [1.54, 1.807) is 12.3 Å². The average molecular weight is 182 g/mol. The van der Waals surface area contributed by atoms with Crippen LogP contribution >= 0.6 is 11.6 Å². The predicted molar refractivity (Wildman–Crippen MR) is 45.2 cm³/mol. The molecule has 5 heteroatoms. The van der Waals surface area contributed by atoms with Crippen molar-refractivity contribution in [1.82, 2.24) is 15.0 Å². The molecule has 60 valence electrons. The third-order valence-electron chi connectivity index (χ3n) is 1.44. The Morgan fingerprint density at radius 1 is 1.42 bits per heavy atom. The lowest BCUT2D eigenvalue weighted by Gasteiger charge is -1.94. The van der Waals surface area contributed by atoms with E-state index in [1.165, 1.54) is 6.07 Å². The topological polar surface area (TPSA) is 58.6 Å². The van der Waals surface area contributed by atoms with Gasteiger partial charge < -0.3 is 4.98 Å². The van der Waals surface area contributed by atoms with Crippen LogP contribution < -0.4 is 5.56 Å². The quantitative estimate of drug-likeness (QED) is 0.617. The van der Waals surface area contributed by atoms with Crippen molar-refractivity contribution in [2.75, 3.05) is 0 Å². The van der Waals surface area contributed by atoms with Crippen LogP contribution in [0.15, 0.2) is 23.1 Å². The van der Waals surface area contributed by atoms with Crippen LogP contribution in [0.1, 0.15) is 0 Å². The maximum atomic E-state index is 10.8. The van der Waals surface area contributed by atoms with Crippen LogP contribution in [-0.2, 0) is 0 Å². The summed E-state index contributed by atoms with van der Waals surface area (Å²) in [5.41, 5.74) is 0.264. The van der Waals surface area contributed by atoms with Crippen molar-refractivity contribution in [1.29, 1.82) is 0 Å². The van der Waals surface area contributed by atoms with Gasteiger partial charge in [0.2, 0.25) is 10.8 Å². The van der Waals surface area contributed by atoms with Crippen molar-refractivity contribution >= 4 is 22.6 Å². The molecule has 12 heavy (non-hydrogen) atoms. The first-order chi connectivity index (χ1) is 5.75. The van der Waals surface area contributed by atoms with Gasteiger partial charge in [0, 0.05) is 17.6 Å². The van der Waals surface area contributed by atoms with Crippen LogP contribution in [0.4, 0.5) is 0 Å². The van der Waals surface area contributed by atoms with Gasteiger partial charge in [-0.25, -0.2) is 4.98 Å². The zero-order valence-electron chi connectivity index (χ0n) is 5.91. The molecule has 0 unspecified atom stereocenters. The maximum absolute atomic E-state index is 10.8. The molecule has 0 saturated heterocycles. The zero-order valence-corrected chi connectivity index (χ0v) is 6.67. The highest BCUT2D eigenvalue weighted by atomic mass is 35.5. The highest BCUT2D eigenvalue weighted by molar-refractivity contribution is 6.28. The number of fused-ring (bicyclic) bond motifs is 1. The summed E-state index contributed by atoms with van der Waals surface area (Å²) in [6.45, 7) is 0. The first-order valence-electron chi connectivity index (χ1n) is 3.27. The Kier molecular flexibility index (Phi) is 1.55. The van der Waals surface area contributed by atoms with Crippen molar-refractivity contribution in [2.24, 2.45) is 0 Å². The van der Waals surface area contributed by atoms with E-state index in [0.29, 0.717) is 5.65 Å². The lowest BCUT2D eigenvalue weighted by Crippen LogP contribution is -2.03. The molecule has 0 atom stereocenters. The van der Waals surface area contributed by atoms with Gasteiger partial charge in [0.25, 0.3) is 0 Å². The first-order valence-corrected chi connectivity index (χ1v) is 3.65. The Morgan fingerprint density at radius 2 is 2.25 bits per heavy atom. The molecule has 2 heterocycles. The fourth-order valence-corrected chi connectivity index (χ4v) is 1.05. The van der Waals surface area contributed by atoms with E-state index in [9.17, 15) is 4.79 Å². The Labute approximate surface area is 72.2 Å². The SMILES string of the molecule is O=c1ccc2cnc(Cl)nc2[nH]1. The van der Waals surface area contributed by atoms with Gasteiger partial charge in [-0.05, 0) is 17.7 Å². The minimum Gasteiger partial charge on any atom is -0.306 e. The van der Waals surface area contributed by atoms with Crippen LogP contribution in [0.2, 0.25) is 5.28 Å². The van der Waals surface area contributed by atoms with Crippen molar-refractivity contribution in [2.45, 2.75) is 0 Å². The molecule has 0 radical (unpaired) electrons. The van der Waals surface area contributed by atoms with Crippen molar-refractivity contribution in [3.63, 3.8) is 0 Å². The maximum Gasteiger partial charge on any atom is 0.249 e. The molecule has 0 aliphatic carbocycles. The lowest BCUT2D eigenvalue weighted by molar-refractivity contribution is 1.16. The Hall–Kier alpha value is -1.42. The molecule has 0 bridgehead atoms. The minimum atomic E-state index is -0.197. The minimum absolute atomic E-state index is 0.129. The highest BCUT2D eigenvalue weighted by Gasteiger charge is 1.96. The van der Waals surface area contributed by atoms with Crippen LogP contribution in [0, 0.1) is 0 Å². The molecule has 1 N–H and O–H groups in total. The number of rotatable bonds is 0. The van der Waals surface area contributed by atoms with Crippen molar-refractivity contribution in [3.05, 3.63) is 34.0 Å². The number of hydrogen-bond donors (Lipinski definition) is 1. The molecule has 0 aliphatic rings. The second-order valence-corrected chi connectivity index (χ2v) is 2.60. The third kappa shape index (κ3) is 1.16. The average Bonchev–Trinajstić information content (AvgIpc) is 2.03. The Balaban J connectivity index is 2.89. The summed E-state index contributed by atoms with van der Waals surface area (Å²) in [4.78, 5) is 21.0. The van der Waals surface area contributed by atoms with Gasteiger partial charge >= 0.3 is 0 Å². The van der Waals surface area contributed by atoms with Crippen molar-refractivity contribution in [3.8, 4) is 0 Å². The summed E-state index contributed by atoms with van der Waals surface area (Å²) < 4.78 is 0. The van der Waals surface area contributed by atoms with E-state index in [0.717, 1.165) is 5.39 Å². The number of pyridine rings is 1. The van der Waals surface area contributed by atoms with Gasteiger partial charge in [0.15, 0.2) is 0 Å².